The Kier molecular flexibility index (Phi) is 2.91. The number of halogens is 3. The number of nitrogens with zero attached hydrogens (tertiary/aromatic N) is 2. The van der Waals surface area contributed by atoms with Crippen molar-refractivity contribution in [1.29, 1.82) is 0 Å². The first-order chi connectivity index (χ1) is 5.89. The molecule has 0 aliphatic rings. The van der Waals surface area contributed by atoms with E-state index in [-0.39, 0.29) is 5.13 Å². The highest BCUT2D eigenvalue weighted by Crippen LogP contribution is 2.24. The smallest absolute Gasteiger partial charge is 0.294 e. The van der Waals surface area contributed by atoms with E-state index < -0.39 is 10.7 Å². The maximum atomic E-state index is 12.3. The number of amides is 1. The minimum absolute atomic E-state index is 0.0571. The monoisotopic (exact) mass is 271 g/mol. The lowest BCUT2D eigenvalue weighted by Gasteiger charge is -2.05. The molecule has 0 spiro atoms. The van der Waals surface area contributed by atoms with E-state index in [1.54, 1.807) is 6.92 Å². The van der Waals surface area contributed by atoms with Gasteiger partial charge in [0.05, 0.1) is 0 Å². The van der Waals surface area contributed by atoms with Gasteiger partial charge in [0, 0.05) is 15.9 Å². The molecule has 1 aromatic heterocycles. The van der Waals surface area contributed by atoms with Crippen molar-refractivity contribution in [1.82, 2.24) is 10.2 Å². The van der Waals surface area contributed by atoms with E-state index in [9.17, 15) is 13.6 Å². The molecule has 0 saturated carbocycles. The molecule has 0 aliphatic heterocycles. The zero-order valence-corrected chi connectivity index (χ0v) is 8.75. The Bertz CT molecular complexity index is 324. The van der Waals surface area contributed by atoms with Crippen molar-refractivity contribution in [3.05, 3.63) is 5.01 Å². The lowest BCUT2D eigenvalue weighted by atomic mass is 10.6. The zero-order chi connectivity index (χ0) is 10.1. The summed E-state index contributed by atoms with van der Waals surface area (Å²) in [6.07, 6.45) is 0. The Morgan fingerprint density at radius 2 is 2.23 bits per heavy atom. The summed E-state index contributed by atoms with van der Waals surface area (Å²) in [4.78, 5) is 7.10. The number of alkyl halides is 3. The van der Waals surface area contributed by atoms with Gasteiger partial charge in [-0.2, -0.15) is 8.78 Å². The third-order valence-corrected chi connectivity index (χ3v) is 2.12. The summed E-state index contributed by atoms with van der Waals surface area (Å²) in [5.41, 5.74) is 0. The Morgan fingerprint density at radius 3 is 2.62 bits per heavy atom. The predicted octanol–water partition coefficient (Wildman–Crippen LogP) is 1.77. The second kappa shape index (κ2) is 3.62. The fourth-order valence-corrected chi connectivity index (χ4v) is 1.20. The zero-order valence-electron chi connectivity index (χ0n) is 6.34. The standard InChI is InChI=1S/C5H4BrF2N3OS/c1-2-10-11-4(13-2)9-3(12)5(6,7)8/h1H3,(H,9,11,12). The fraction of sp³-hybridized carbons (Fsp3) is 0.400. The van der Waals surface area contributed by atoms with E-state index in [4.69, 9.17) is 0 Å². The summed E-state index contributed by atoms with van der Waals surface area (Å²) in [6.45, 7) is 1.65. The number of aromatic nitrogens is 2. The third-order valence-electron chi connectivity index (χ3n) is 1.00. The van der Waals surface area contributed by atoms with Crippen LogP contribution in [-0.4, -0.2) is 20.9 Å². The van der Waals surface area contributed by atoms with Crippen molar-refractivity contribution < 1.29 is 13.6 Å². The fourth-order valence-electron chi connectivity index (χ4n) is 0.515. The average molecular weight is 272 g/mol. The van der Waals surface area contributed by atoms with E-state index in [1.807, 2.05) is 21.2 Å². The van der Waals surface area contributed by atoms with Crippen molar-refractivity contribution >= 4 is 38.3 Å². The van der Waals surface area contributed by atoms with Crippen molar-refractivity contribution in [3.8, 4) is 0 Å². The summed E-state index contributed by atoms with van der Waals surface area (Å²) >= 11 is 2.94. The van der Waals surface area contributed by atoms with Crippen LogP contribution in [-0.2, 0) is 4.79 Å². The van der Waals surface area contributed by atoms with Crippen LogP contribution in [0.3, 0.4) is 0 Å². The average Bonchev–Trinajstić information content (AvgIpc) is 2.33. The van der Waals surface area contributed by atoms with Crippen LogP contribution in [0.5, 0.6) is 0 Å². The first-order valence-corrected chi connectivity index (χ1v) is 4.69. The van der Waals surface area contributed by atoms with Crippen LogP contribution in [0, 0.1) is 6.92 Å². The molecule has 0 bridgehead atoms. The maximum Gasteiger partial charge on any atom is 0.378 e. The Hall–Kier alpha value is -0.630. The SMILES string of the molecule is Cc1nnc(NC(=O)C(F)(F)Br)s1. The van der Waals surface area contributed by atoms with Gasteiger partial charge in [-0.05, 0) is 6.92 Å². The molecule has 0 aromatic carbocycles. The molecule has 0 aliphatic carbocycles. The lowest BCUT2D eigenvalue weighted by molar-refractivity contribution is -0.128. The van der Waals surface area contributed by atoms with Gasteiger partial charge in [-0.3, -0.25) is 10.1 Å². The molecule has 1 N–H and O–H groups in total. The quantitative estimate of drug-likeness (QED) is 0.835. The Balaban J connectivity index is 2.65. The van der Waals surface area contributed by atoms with Gasteiger partial charge in [0.25, 0.3) is 0 Å². The van der Waals surface area contributed by atoms with Crippen LogP contribution in [0.1, 0.15) is 5.01 Å². The van der Waals surface area contributed by atoms with E-state index in [0.717, 1.165) is 11.3 Å². The minimum atomic E-state index is -3.58. The molecule has 0 radical (unpaired) electrons. The topological polar surface area (TPSA) is 54.9 Å². The predicted molar refractivity (Wildman–Crippen MR) is 47.1 cm³/mol. The van der Waals surface area contributed by atoms with Gasteiger partial charge in [-0.15, -0.1) is 10.2 Å². The molecule has 0 atom stereocenters. The first-order valence-electron chi connectivity index (χ1n) is 3.08. The number of rotatable bonds is 2. The van der Waals surface area contributed by atoms with E-state index in [2.05, 4.69) is 10.2 Å². The van der Waals surface area contributed by atoms with E-state index in [1.165, 1.54) is 0 Å². The number of carbonyl (C=O) groups is 1. The van der Waals surface area contributed by atoms with Crippen LogP contribution in [0.15, 0.2) is 0 Å². The molecule has 0 fully saturated rings. The molecular formula is C5H4BrF2N3OS. The normalized spacial score (nSPS) is 11.4. The van der Waals surface area contributed by atoms with E-state index >= 15 is 0 Å². The maximum absolute atomic E-state index is 12.3. The summed E-state index contributed by atoms with van der Waals surface area (Å²) < 4.78 is 24.5. The van der Waals surface area contributed by atoms with Crippen LogP contribution in [0.25, 0.3) is 0 Å². The molecular weight excluding hydrogens is 268 g/mol. The molecule has 8 heteroatoms. The van der Waals surface area contributed by atoms with Gasteiger partial charge in [0.1, 0.15) is 5.01 Å². The third kappa shape index (κ3) is 2.96. The molecule has 1 heterocycles. The number of hydrogen-bond donors (Lipinski definition) is 1. The van der Waals surface area contributed by atoms with E-state index in [0.29, 0.717) is 5.01 Å². The second-order valence-corrected chi connectivity index (χ2v) is 4.26. The molecule has 4 nitrogen and oxygen atoms in total. The van der Waals surface area contributed by atoms with Gasteiger partial charge in [0.15, 0.2) is 0 Å². The first kappa shape index (κ1) is 10.5. The van der Waals surface area contributed by atoms with Gasteiger partial charge < -0.3 is 0 Å². The lowest BCUT2D eigenvalue weighted by Crippen LogP contribution is -2.28. The number of aryl methyl sites for hydroxylation is 1. The molecule has 1 amide bonds. The van der Waals surface area contributed by atoms with Gasteiger partial charge in [-0.25, -0.2) is 0 Å². The molecule has 72 valence electrons. The van der Waals surface area contributed by atoms with Gasteiger partial charge >= 0.3 is 10.7 Å². The largest absolute Gasteiger partial charge is 0.378 e. The van der Waals surface area contributed by atoms with Gasteiger partial charge in [0.2, 0.25) is 5.13 Å². The molecule has 1 rings (SSSR count). The highest BCUT2D eigenvalue weighted by atomic mass is 79.9. The van der Waals surface area contributed by atoms with Crippen LogP contribution in [0.2, 0.25) is 0 Å². The number of hydrogen-bond acceptors (Lipinski definition) is 4. The summed E-state index contributed by atoms with van der Waals surface area (Å²) in [5.74, 6) is -1.45. The van der Waals surface area contributed by atoms with Crippen molar-refractivity contribution in [2.24, 2.45) is 0 Å². The summed E-state index contributed by atoms with van der Waals surface area (Å²) in [6, 6.07) is 0. The number of nitrogens with one attached hydrogen (secondary N) is 1. The Labute approximate surface area is 84.5 Å². The van der Waals surface area contributed by atoms with Crippen LogP contribution < -0.4 is 5.32 Å². The summed E-state index contributed by atoms with van der Waals surface area (Å²) in [5, 5.41) is 9.56. The van der Waals surface area contributed by atoms with Gasteiger partial charge in [-0.1, -0.05) is 11.3 Å². The minimum Gasteiger partial charge on any atom is -0.294 e. The number of carbonyl (C=O) groups excluding carboxylic acids is 1. The molecule has 0 unspecified atom stereocenters. The van der Waals surface area contributed by atoms with Crippen molar-refractivity contribution in [3.63, 3.8) is 0 Å². The van der Waals surface area contributed by atoms with Crippen molar-refractivity contribution in [2.45, 2.75) is 11.8 Å². The highest BCUT2D eigenvalue weighted by molar-refractivity contribution is 9.10. The molecule has 0 saturated heterocycles. The molecule has 13 heavy (non-hydrogen) atoms. The Morgan fingerprint density at radius 1 is 1.62 bits per heavy atom. The number of anilines is 1. The van der Waals surface area contributed by atoms with Crippen LogP contribution in [0.4, 0.5) is 13.9 Å². The second-order valence-electron chi connectivity index (χ2n) is 2.08. The summed E-state index contributed by atoms with van der Waals surface area (Å²) in [7, 11) is 0. The van der Waals surface area contributed by atoms with Crippen molar-refractivity contribution in [2.75, 3.05) is 5.32 Å². The highest BCUT2D eigenvalue weighted by Gasteiger charge is 2.35. The van der Waals surface area contributed by atoms with Crippen LogP contribution >= 0.6 is 27.3 Å². The molecule has 1 aromatic rings.